The normalized spacial score (nSPS) is 28.2. The zero-order valence-electron chi connectivity index (χ0n) is 11.7. The first-order chi connectivity index (χ1) is 9.58. The van der Waals surface area contributed by atoms with Crippen molar-refractivity contribution in [2.75, 3.05) is 13.2 Å². The third-order valence-corrected chi connectivity index (χ3v) is 4.72. The number of aliphatic hydroxyl groups is 1. The lowest BCUT2D eigenvalue weighted by Crippen LogP contribution is -2.44. The van der Waals surface area contributed by atoms with E-state index in [2.05, 4.69) is 5.32 Å². The molecule has 0 aromatic carbocycles. The van der Waals surface area contributed by atoms with E-state index in [9.17, 15) is 19.8 Å². The van der Waals surface area contributed by atoms with Gasteiger partial charge in [0.15, 0.2) is 0 Å². The molecule has 1 saturated carbocycles. The summed E-state index contributed by atoms with van der Waals surface area (Å²) in [5.41, 5.74) is -0.196. The second-order valence-corrected chi connectivity index (χ2v) is 6.08. The van der Waals surface area contributed by atoms with Crippen molar-refractivity contribution in [1.82, 2.24) is 5.32 Å². The van der Waals surface area contributed by atoms with Crippen LogP contribution in [0.3, 0.4) is 0 Å². The minimum absolute atomic E-state index is 0.0835. The Hall–Kier alpha value is -1.36. The van der Waals surface area contributed by atoms with Crippen LogP contribution in [0, 0.1) is 17.3 Å². The molecule has 2 aliphatic carbocycles. The van der Waals surface area contributed by atoms with E-state index in [0.29, 0.717) is 19.4 Å². The predicted octanol–water partition coefficient (Wildman–Crippen LogP) is 1.32. The van der Waals surface area contributed by atoms with E-state index in [-0.39, 0.29) is 17.9 Å². The van der Waals surface area contributed by atoms with Crippen LogP contribution < -0.4 is 5.32 Å². The number of aliphatic hydroxyl groups excluding tert-OH is 1. The van der Waals surface area contributed by atoms with Crippen LogP contribution in [0.15, 0.2) is 12.2 Å². The Balaban J connectivity index is 1.93. The summed E-state index contributed by atoms with van der Waals surface area (Å²) in [6, 6.07) is 0. The largest absolute Gasteiger partial charge is 0.481 e. The highest BCUT2D eigenvalue weighted by molar-refractivity contribution is 5.85. The standard InChI is InChI=1S/C15H23NO4/c17-10-15(7-3-4-8-15)9-16-13(18)11-5-1-2-6-12(11)14(19)20/h1-2,11-12,17H,3-10H2,(H,16,18)(H,19,20)/t11-,12+/m1/s1. The number of carboxylic acids is 1. The number of carbonyl (C=O) groups is 2. The van der Waals surface area contributed by atoms with E-state index in [4.69, 9.17) is 0 Å². The number of hydrogen-bond acceptors (Lipinski definition) is 3. The summed E-state index contributed by atoms with van der Waals surface area (Å²) in [4.78, 5) is 23.4. The van der Waals surface area contributed by atoms with E-state index in [1.165, 1.54) is 0 Å². The van der Waals surface area contributed by atoms with Gasteiger partial charge in [0.05, 0.1) is 18.4 Å². The molecule has 20 heavy (non-hydrogen) atoms. The van der Waals surface area contributed by atoms with Crippen molar-refractivity contribution >= 4 is 11.9 Å². The Bertz CT molecular complexity index is 399. The van der Waals surface area contributed by atoms with Gasteiger partial charge in [-0.2, -0.15) is 0 Å². The summed E-state index contributed by atoms with van der Waals surface area (Å²) in [6.07, 6.45) is 8.62. The van der Waals surface area contributed by atoms with Gasteiger partial charge in [-0.3, -0.25) is 9.59 Å². The van der Waals surface area contributed by atoms with Gasteiger partial charge in [-0.05, 0) is 25.7 Å². The minimum atomic E-state index is -0.910. The minimum Gasteiger partial charge on any atom is -0.481 e. The number of aliphatic carboxylic acids is 1. The number of nitrogens with one attached hydrogen (secondary N) is 1. The van der Waals surface area contributed by atoms with Crippen LogP contribution in [0.2, 0.25) is 0 Å². The molecule has 0 heterocycles. The quantitative estimate of drug-likeness (QED) is 0.663. The zero-order chi connectivity index (χ0) is 14.6. The highest BCUT2D eigenvalue weighted by atomic mass is 16.4. The van der Waals surface area contributed by atoms with Crippen molar-refractivity contribution in [1.29, 1.82) is 0 Å². The van der Waals surface area contributed by atoms with Gasteiger partial charge < -0.3 is 15.5 Å². The lowest BCUT2D eigenvalue weighted by molar-refractivity contribution is -0.147. The van der Waals surface area contributed by atoms with Crippen molar-refractivity contribution in [3.05, 3.63) is 12.2 Å². The Kier molecular flexibility index (Phi) is 4.81. The molecule has 1 fully saturated rings. The summed E-state index contributed by atoms with van der Waals surface area (Å²) in [5.74, 6) is -2.22. The van der Waals surface area contributed by atoms with Crippen LogP contribution in [0.25, 0.3) is 0 Å². The summed E-state index contributed by atoms with van der Waals surface area (Å²) >= 11 is 0. The molecule has 0 radical (unpaired) electrons. The summed E-state index contributed by atoms with van der Waals surface area (Å²) in [5, 5.41) is 21.6. The third-order valence-electron chi connectivity index (χ3n) is 4.72. The highest BCUT2D eigenvalue weighted by Crippen LogP contribution is 2.37. The van der Waals surface area contributed by atoms with Crippen molar-refractivity contribution in [3.8, 4) is 0 Å². The van der Waals surface area contributed by atoms with Gasteiger partial charge in [0, 0.05) is 12.0 Å². The maximum Gasteiger partial charge on any atom is 0.307 e. The van der Waals surface area contributed by atoms with Gasteiger partial charge in [0.25, 0.3) is 0 Å². The van der Waals surface area contributed by atoms with Gasteiger partial charge in [-0.25, -0.2) is 0 Å². The molecule has 0 bridgehead atoms. The van der Waals surface area contributed by atoms with E-state index < -0.39 is 17.8 Å². The number of carbonyl (C=O) groups excluding carboxylic acids is 1. The number of carboxylic acid groups (broad SMARTS) is 1. The average Bonchev–Trinajstić information content (AvgIpc) is 2.94. The van der Waals surface area contributed by atoms with Crippen molar-refractivity contribution in [2.45, 2.75) is 38.5 Å². The Morgan fingerprint density at radius 1 is 1.15 bits per heavy atom. The Morgan fingerprint density at radius 3 is 2.30 bits per heavy atom. The fraction of sp³-hybridized carbons (Fsp3) is 0.733. The van der Waals surface area contributed by atoms with Gasteiger partial charge >= 0.3 is 5.97 Å². The van der Waals surface area contributed by atoms with Gasteiger partial charge in [0.1, 0.15) is 0 Å². The SMILES string of the molecule is O=C(O)[C@H]1CC=CC[C@H]1C(=O)NCC1(CO)CCCC1. The van der Waals surface area contributed by atoms with Crippen molar-refractivity contribution in [3.63, 3.8) is 0 Å². The molecule has 0 unspecified atom stereocenters. The van der Waals surface area contributed by atoms with Crippen LogP contribution in [-0.4, -0.2) is 35.2 Å². The molecule has 1 amide bonds. The van der Waals surface area contributed by atoms with E-state index in [0.717, 1.165) is 25.7 Å². The third kappa shape index (κ3) is 3.20. The van der Waals surface area contributed by atoms with Crippen molar-refractivity contribution in [2.24, 2.45) is 17.3 Å². The molecule has 2 atom stereocenters. The van der Waals surface area contributed by atoms with E-state index >= 15 is 0 Å². The first kappa shape index (κ1) is 15.0. The van der Waals surface area contributed by atoms with Crippen molar-refractivity contribution < 1.29 is 19.8 Å². The number of rotatable bonds is 5. The van der Waals surface area contributed by atoms with Gasteiger partial charge in [-0.15, -0.1) is 0 Å². The van der Waals surface area contributed by atoms with Gasteiger partial charge in [-0.1, -0.05) is 25.0 Å². The Morgan fingerprint density at radius 2 is 1.75 bits per heavy atom. The summed E-state index contributed by atoms with van der Waals surface area (Å²) in [7, 11) is 0. The van der Waals surface area contributed by atoms with E-state index in [1.54, 1.807) is 0 Å². The molecule has 5 nitrogen and oxygen atoms in total. The topological polar surface area (TPSA) is 86.6 Å². The Labute approximate surface area is 119 Å². The van der Waals surface area contributed by atoms with Gasteiger partial charge in [0.2, 0.25) is 5.91 Å². The molecule has 0 aromatic rings. The van der Waals surface area contributed by atoms with Crippen LogP contribution in [0.1, 0.15) is 38.5 Å². The second kappa shape index (κ2) is 6.39. The summed E-state index contributed by atoms with van der Waals surface area (Å²) in [6.45, 7) is 0.537. The number of hydrogen-bond donors (Lipinski definition) is 3. The maximum atomic E-state index is 12.2. The smallest absolute Gasteiger partial charge is 0.307 e. The molecule has 112 valence electrons. The van der Waals surface area contributed by atoms with E-state index in [1.807, 2.05) is 12.2 Å². The molecule has 0 saturated heterocycles. The van der Waals surface area contributed by atoms with Crippen LogP contribution in [0.4, 0.5) is 0 Å². The highest BCUT2D eigenvalue weighted by Gasteiger charge is 2.37. The first-order valence-corrected chi connectivity index (χ1v) is 7.34. The number of allylic oxidation sites excluding steroid dienone is 2. The summed E-state index contributed by atoms with van der Waals surface area (Å²) < 4.78 is 0. The molecule has 0 spiro atoms. The lowest BCUT2D eigenvalue weighted by Gasteiger charge is -2.29. The van der Waals surface area contributed by atoms with Crippen LogP contribution in [-0.2, 0) is 9.59 Å². The fourth-order valence-corrected chi connectivity index (χ4v) is 3.30. The molecule has 0 aliphatic heterocycles. The predicted molar refractivity (Wildman–Crippen MR) is 74.0 cm³/mol. The monoisotopic (exact) mass is 281 g/mol. The lowest BCUT2D eigenvalue weighted by atomic mass is 9.81. The molecule has 0 aromatic heterocycles. The zero-order valence-corrected chi connectivity index (χ0v) is 11.7. The average molecular weight is 281 g/mol. The fourth-order valence-electron chi connectivity index (χ4n) is 3.30. The number of amides is 1. The van der Waals surface area contributed by atoms with Crippen LogP contribution in [0.5, 0.6) is 0 Å². The molecule has 5 heteroatoms. The maximum absolute atomic E-state index is 12.2. The molecule has 2 rings (SSSR count). The molecular formula is C15H23NO4. The second-order valence-electron chi connectivity index (χ2n) is 6.08. The molecule has 2 aliphatic rings. The molecule has 3 N–H and O–H groups in total. The molecular weight excluding hydrogens is 258 g/mol. The first-order valence-electron chi connectivity index (χ1n) is 7.34. The van der Waals surface area contributed by atoms with Crippen LogP contribution >= 0.6 is 0 Å².